The van der Waals surface area contributed by atoms with Gasteiger partial charge in [-0.05, 0) is 24.8 Å². The first kappa shape index (κ1) is 17.8. The highest BCUT2D eigenvalue weighted by Crippen LogP contribution is 2.35. The average Bonchev–Trinajstić information content (AvgIpc) is 3.05. The number of hydrogen-bond acceptors (Lipinski definition) is 3. The molecule has 5 nitrogen and oxygen atoms in total. The van der Waals surface area contributed by atoms with Crippen molar-refractivity contribution in [2.45, 2.75) is 25.4 Å². The highest BCUT2D eigenvalue weighted by atomic mass is 35.5. The molecule has 6 heteroatoms. The van der Waals surface area contributed by atoms with Gasteiger partial charge in [0, 0.05) is 19.7 Å². The first-order valence-electron chi connectivity index (χ1n) is 7.85. The fraction of sp³-hybridized carbons (Fsp3) is 0.529. The number of nitrogens with zero attached hydrogens (tertiary/aromatic N) is 1. The highest BCUT2D eigenvalue weighted by molar-refractivity contribution is 5.85. The summed E-state index contributed by atoms with van der Waals surface area (Å²) in [6, 6.07) is 9.82. The number of hydrogen-bond donors (Lipinski definition) is 1. The number of aliphatic carboxylic acids is 1. The van der Waals surface area contributed by atoms with Gasteiger partial charge in [-0.2, -0.15) is 0 Å². The highest BCUT2D eigenvalue weighted by Gasteiger charge is 2.39. The van der Waals surface area contributed by atoms with Crippen LogP contribution in [0.4, 0.5) is 0 Å². The summed E-state index contributed by atoms with van der Waals surface area (Å²) in [4.78, 5) is 25.6. The van der Waals surface area contributed by atoms with Gasteiger partial charge in [0.05, 0.1) is 17.9 Å². The Hall–Kier alpha value is -1.59. The van der Waals surface area contributed by atoms with Gasteiger partial charge >= 0.3 is 5.97 Å². The zero-order chi connectivity index (χ0) is 15.5. The van der Waals surface area contributed by atoms with Crippen LogP contribution in [-0.4, -0.2) is 41.6 Å². The second-order valence-electron chi connectivity index (χ2n) is 6.06. The molecule has 0 saturated carbocycles. The summed E-state index contributed by atoms with van der Waals surface area (Å²) in [5.41, 5.74) is 1.02. The molecule has 2 aliphatic heterocycles. The number of benzene rings is 1. The van der Waals surface area contributed by atoms with E-state index in [-0.39, 0.29) is 30.3 Å². The minimum atomic E-state index is -0.810. The van der Waals surface area contributed by atoms with Crippen LogP contribution >= 0.6 is 12.4 Å². The Balaban J connectivity index is 0.00000192. The number of carboxylic acids is 1. The van der Waals surface area contributed by atoms with Gasteiger partial charge in [-0.25, -0.2) is 0 Å². The fourth-order valence-corrected chi connectivity index (χ4v) is 3.40. The zero-order valence-electron chi connectivity index (χ0n) is 12.9. The predicted molar refractivity (Wildman–Crippen MR) is 87.4 cm³/mol. The molecule has 0 bridgehead atoms. The Bertz CT molecular complexity index is 551. The van der Waals surface area contributed by atoms with Crippen molar-refractivity contribution in [3.8, 4) is 0 Å². The van der Waals surface area contributed by atoms with Crippen molar-refractivity contribution in [2.24, 2.45) is 11.8 Å². The molecule has 2 saturated heterocycles. The van der Waals surface area contributed by atoms with Crippen LogP contribution in [-0.2, 0) is 14.3 Å². The smallest absolute Gasteiger partial charge is 0.308 e. The molecule has 0 aromatic heterocycles. The minimum absolute atomic E-state index is 0. The van der Waals surface area contributed by atoms with Crippen molar-refractivity contribution in [1.82, 2.24) is 4.90 Å². The van der Waals surface area contributed by atoms with Crippen molar-refractivity contribution < 1.29 is 19.4 Å². The molecule has 3 atom stereocenters. The topological polar surface area (TPSA) is 66.8 Å². The van der Waals surface area contributed by atoms with Crippen molar-refractivity contribution in [3.63, 3.8) is 0 Å². The molecule has 2 fully saturated rings. The Morgan fingerprint density at radius 1 is 1.17 bits per heavy atom. The van der Waals surface area contributed by atoms with E-state index in [2.05, 4.69) is 0 Å². The summed E-state index contributed by atoms with van der Waals surface area (Å²) in [5, 5.41) is 9.09. The van der Waals surface area contributed by atoms with E-state index in [1.165, 1.54) is 0 Å². The lowest BCUT2D eigenvalue weighted by molar-refractivity contribution is -0.145. The molecule has 23 heavy (non-hydrogen) atoms. The second kappa shape index (κ2) is 7.79. The van der Waals surface area contributed by atoms with Crippen molar-refractivity contribution in [1.29, 1.82) is 0 Å². The van der Waals surface area contributed by atoms with Gasteiger partial charge in [0.2, 0.25) is 5.91 Å². The van der Waals surface area contributed by atoms with Gasteiger partial charge in [-0.15, -0.1) is 12.4 Å². The number of ether oxygens (including phenoxy) is 1. The Morgan fingerprint density at radius 3 is 2.57 bits per heavy atom. The molecule has 3 rings (SSSR count). The largest absolute Gasteiger partial charge is 0.481 e. The maximum absolute atomic E-state index is 12.8. The number of carbonyl (C=O) groups is 2. The van der Waals surface area contributed by atoms with E-state index in [1.807, 2.05) is 30.3 Å². The number of carboxylic acid groups (broad SMARTS) is 1. The summed E-state index contributed by atoms with van der Waals surface area (Å²) < 4.78 is 5.87. The molecular weight excluding hydrogens is 318 g/mol. The summed E-state index contributed by atoms with van der Waals surface area (Å²) in [6.07, 6.45) is 2.00. The molecule has 126 valence electrons. The SMILES string of the molecule is Cl.O=C(O)C1CCN(C(=O)C2CCCOC2c2ccccc2)C1. The monoisotopic (exact) mass is 339 g/mol. The van der Waals surface area contributed by atoms with Crippen LogP contribution in [0.1, 0.15) is 30.9 Å². The number of halogens is 1. The maximum Gasteiger partial charge on any atom is 0.308 e. The molecule has 1 aromatic carbocycles. The van der Waals surface area contributed by atoms with Gasteiger partial charge in [0.15, 0.2) is 0 Å². The Labute approximate surface area is 142 Å². The lowest BCUT2D eigenvalue weighted by Gasteiger charge is -2.33. The van der Waals surface area contributed by atoms with Crippen LogP contribution in [0.2, 0.25) is 0 Å². The van der Waals surface area contributed by atoms with Crippen LogP contribution in [0.25, 0.3) is 0 Å². The van der Waals surface area contributed by atoms with E-state index in [1.54, 1.807) is 4.90 Å². The molecule has 0 spiro atoms. The van der Waals surface area contributed by atoms with Crippen LogP contribution in [0.3, 0.4) is 0 Å². The van der Waals surface area contributed by atoms with E-state index in [0.717, 1.165) is 18.4 Å². The lowest BCUT2D eigenvalue weighted by Crippen LogP contribution is -2.40. The fourth-order valence-electron chi connectivity index (χ4n) is 3.40. The maximum atomic E-state index is 12.8. The standard InChI is InChI=1S/C17H21NO4.ClH/c19-16(18-9-8-13(11-18)17(20)21)14-7-4-10-22-15(14)12-5-2-1-3-6-12;/h1-3,5-6,13-15H,4,7-11H2,(H,20,21);1H. The number of rotatable bonds is 3. The lowest BCUT2D eigenvalue weighted by atomic mass is 9.88. The third-order valence-electron chi connectivity index (χ3n) is 4.62. The average molecular weight is 340 g/mol. The van der Waals surface area contributed by atoms with E-state index < -0.39 is 11.9 Å². The molecule has 3 unspecified atom stereocenters. The van der Waals surface area contributed by atoms with Crippen LogP contribution in [0.5, 0.6) is 0 Å². The Morgan fingerprint density at radius 2 is 1.91 bits per heavy atom. The molecule has 2 aliphatic rings. The van der Waals surface area contributed by atoms with Gasteiger partial charge < -0.3 is 14.7 Å². The second-order valence-corrected chi connectivity index (χ2v) is 6.06. The summed E-state index contributed by atoms with van der Waals surface area (Å²) >= 11 is 0. The molecule has 1 amide bonds. The molecule has 2 heterocycles. The van der Waals surface area contributed by atoms with E-state index >= 15 is 0 Å². The van der Waals surface area contributed by atoms with Gasteiger partial charge in [0.25, 0.3) is 0 Å². The Kier molecular flexibility index (Phi) is 6.02. The first-order valence-corrected chi connectivity index (χ1v) is 7.85. The molecule has 1 N–H and O–H groups in total. The predicted octanol–water partition coefficient (Wildman–Crippen LogP) is 2.51. The molecular formula is C17H22ClNO4. The number of carbonyl (C=O) groups excluding carboxylic acids is 1. The third-order valence-corrected chi connectivity index (χ3v) is 4.62. The molecule has 0 aliphatic carbocycles. The summed E-state index contributed by atoms with van der Waals surface area (Å²) in [6.45, 7) is 1.53. The van der Waals surface area contributed by atoms with Crippen LogP contribution in [0, 0.1) is 11.8 Å². The minimum Gasteiger partial charge on any atom is -0.481 e. The van der Waals surface area contributed by atoms with Crippen LogP contribution in [0.15, 0.2) is 30.3 Å². The first-order chi connectivity index (χ1) is 10.7. The van der Waals surface area contributed by atoms with Crippen molar-refractivity contribution in [2.75, 3.05) is 19.7 Å². The van der Waals surface area contributed by atoms with E-state index in [9.17, 15) is 9.59 Å². The van der Waals surface area contributed by atoms with E-state index in [4.69, 9.17) is 9.84 Å². The normalized spacial score (nSPS) is 27.3. The molecule has 0 radical (unpaired) electrons. The summed E-state index contributed by atoms with van der Waals surface area (Å²) in [7, 11) is 0. The third kappa shape index (κ3) is 3.85. The van der Waals surface area contributed by atoms with Crippen LogP contribution < -0.4 is 0 Å². The number of amides is 1. The van der Waals surface area contributed by atoms with Gasteiger partial charge in [-0.1, -0.05) is 30.3 Å². The van der Waals surface area contributed by atoms with Gasteiger partial charge in [-0.3, -0.25) is 9.59 Å². The van der Waals surface area contributed by atoms with Crippen molar-refractivity contribution >= 4 is 24.3 Å². The van der Waals surface area contributed by atoms with E-state index in [0.29, 0.717) is 26.1 Å². The van der Waals surface area contributed by atoms with Gasteiger partial charge in [0.1, 0.15) is 0 Å². The number of likely N-dealkylation sites (tertiary alicyclic amines) is 1. The zero-order valence-corrected chi connectivity index (χ0v) is 13.7. The quantitative estimate of drug-likeness (QED) is 0.918. The molecule has 1 aromatic rings. The summed E-state index contributed by atoms with van der Waals surface area (Å²) in [5.74, 6) is -1.40. The van der Waals surface area contributed by atoms with Crippen molar-refractivity contribution in [3.05, 3.63) is 35.9 Å².